The van der Waals surface area contributed by atoms with E-state index in [-0.39, 0.29) is 5.02 Å². The van der Waals surface area contributed by atoms with Gasteiger partial charge in [-0.2, -0.15) is 13.2 Å². The molecule has 2 aromatic rings. The summed E-state index contributed by atoms with van der Waals surface area (Å²) in [5.41, 5.74) is -0.0595. The van der Waals surface area contributed by atoms with E-state index in [0.29, 0.717) is 18.2 Å². The largest absolute Gasteiger partial charge is 0.417 e. The van der Waals surface area contributed by atoms with Crippen molar-refractivity contribution in [2.75, 3.05) is 4.31 Å². The van der Waals surface area contributed by atoms with E-state index in [1.807, 2.05) is 0 Å². The number of halogens is 4. The first-order chi connectivity index (χ1) is 11.1. The van der Waals surface area contributed by atoms with Gasteiger partial charge in [0, 0.05) is 11.1 Å². The first-order valence-electron chi connectivity index (χ1n) is 7.11. The number of fused-ring (bicyclic) bond motifs is 1. The summed E-state index contributed by atoms with van der Waals surface area (Å²) in [7, 11) is -4.38. The maximum atomic E-state index is 13.3. The van der Waals surface area contributed by atoms with Crippen molar-refractivity contribution in [3.05, 3.63) is 58.6 Å². The van der Waals surface area contributed by atoms with E-state index in [1.165, 1.54) is 0 Å². The van der Waals surface area contributed by atoms with E-state index in [1.54, 1.807) is 31.2 Å². The Morgan fingerprint density at radius 1 is 1.17 bits per heavy atom. The Balaban J connectivity index is 2.20. The van der Waals surface area contributed by atoms with Crippen molar-refractivity contribution in [1.82, 2.24) is 0 Å². The highest BCUT2D eigenvalue weighted by Gasteiger charge is 2.42. The zero-order valence-electron chi connectivity index (χ0n) is 12.5. The van der Waals surface area contributed by atoms with Crippen LogP contribution >= 0.6 is 11.6 Å². The smallest absolute Gasteiger partial charge is 0.263 e. The SMILES string of the molecule is C[C@@H]1Cc2ccccc2N1S(=O)(=O)c1ccc(Cl)cc1C(F)(F)F. The molecule has 0 saturated heterocycles. The van der Waals surface area contributed by atoms with Crippen molar-refractivity contribution in [1.29, 1.82) is 0 Å². The average Bonchev–Trinajstić information content (AvgIpc) is 2.82. The summed E-state index contributed by atoms with van der Waals surface area (Å²) in [6.45, 7) is 1.67. The van der Waals surface area contributed by atoms with Crippen LogP contribution in [0.1, 0.15) is 18.1 Å². The Bertz CT molecular complexity index is 896. The van der Waals surface area contributed by atoms with Crippen LogP contribution in [0.3, 0.4) is 0 Å². The molecule has 3 rings (SSSR count). The van der Waals surface area contributed by atoms with Crippen molar-refractivity contribution < 1.29 is 21.6 Å². The lowest BCUT2D eigenvalue weighted by Crippen LogP contribution is -2.36. The second-order valence-electron chi connectivity index (χ2n) is 5.62. The maximum absolute atomic E-state index is 13.3. The number of rotatable bonds is 2. The molecule has 24 heavy (non-hydrogen) atoms. The molecule has 2 aromatic carbocycles. The van der Waals surface area contributed by atoms with E-state index < -0.39 is 32.7 Å². The van der Waals surface area contributed by atoms with Gasteiger partial charge in [0.25, 0.3) is 10.0 Å². The Morgan fingerprint density at radius 3 is 2.50 bits per heavy atom. The highest BCUT2D eigenvalue weighted by atomic mass is 35.5. The number of alkyl halides is 3. The molecule has 0 aromatic heterocycles. The van der Waals surface area contributed by atoms with Gasteiger partial charge in [-0.3, -0.25) is 4.31 Å². The van der Waals surface area contributed by atoms with E-state index in [0.717, 1.165) is 22.0 Å². The zero-order chi connectivity index (χ0) is 17.7. The topological polar surface area (TPSA) is 37.4 Å². The third-order valence-electron chi connectivity index (χ3n) is 3.93. The molecule has 1 heterocycles. The van der Waals surface area contributed by atoms with Gasteiger partial charge in [-0.1, -0.05) is 29.8 Å². The van der Waals surface area contributed by atoms with E-state index >= 15 is 0 Å². The minimum atomic E-state index is -4.82. The molecular weight excluding hydrogens is 363 g/mol. The predicted octanol–water partition coefficient (Wildman–Crippen LogP) is 4.50. The van der Waals surface area contributed by atoms with Crippen LogP contribution in [0.15, 0.2) is 47.4 Å². The summed E-state index contributed by atoms with van der Waals surface area (Å²) in [5.74, 6) is 0. The Labute approximate surface area is 142 Å². The standard InChI is InChI=1S/C16H13ClF3NO2S/c1-10-8-11-4-2-3-5-14(11)21(10)24(22,23)15-7-6-12(17)9-13(15)16(18,19)20/h2-7,9-10H,8H2,1H3/t10-/m1/s1. The van der Waals surface area contributed by atoms with Gasteiger partial charge in [0.15, 0.2) is 0 Å². The van der Waals surface area contributed by atoms with Gasteiger partial charge in [-0.05, 0) is 43.2 Å². The third-order valence-corrected chi connectivity index (χ3v) is 6.15. The van der Waals surface area contributed by atoms with Crippen molar-refractivity contribution >= 4 is 27.3 Å². The Kier molecular flexibility index (Phi) is 4.04. The zero-order valence-corrected chi connectivity index (χ0v) is 14.1. The molecule has 0 radical (unpaired) electrons. The fourth-order valence-corrected chi connectivity index (χ4v) is 5.02. The number of nitrogens with zero attached hydrogens (tertiary/aromatic N) is 1. The van der Waals surface area contributed by atoms with Gasteiger partial charge in [-0.25, -0.2) is 8.42 Å². The summed E-state index contributed by atoms with van der Waals surface area (Å²) in [5, 5.41) is -0.170. The lowest BCUT2D eigenvalue weighted by molar-refractivity contribution is -0.139. The minimum absolute atomic E-state index is 0.170. The van der Waals surface area contributed by atoms with Gasteiger partial charge >= 0.3 is 6.18 Å². The normalized spacial score (nSPS) is 17.9. The molecule has 1 aliphatic heterocycles. The molecule has 0 fully saturated rings. The molecular formula is C16H13ClF3NO2S. The summed E-state index contributed by atoms with van der Waals surface area (Å²) in [6.07, 6.45) is -4.37. The molecule has 0 amide bonds. The molecule has 8 heteroatoms. The molecule has 1 atom stereocenters. The summed E-state index contributed by atoms with van der Waals surface area (Å²) in [4.78, 5) is -0.789. The van der Waals surface area contributed by atoms with E-state index in [4.69, 9.17) is 11.6 Å². The second-order valence-corrected chi connectivity index (χ2v) is 7.84. The van der Waals surface area contributed by atoms with Gasteiger partial charge < -0.3 is 0 Å². The maximum Gasteiger partial charge on any atom is 0.417 e. The van der Waals surface area contributed by atoms with Crippen molar-refractivity contribution in [3.63, 3.8) is 0 Å². The highest BCUT2D eigenvalue weighted by Crippen LogP contribution is 2.41. The van der Waals surface area contributed by atoms with E-state index in [2.05, 4.69) is 0 Å². The van der Waals surface area contributed by atoms with Crippen LogP contribution in [-0.4, -0.2) is 14.5 Å². The summed E-state index contributed by atoms with van der Waals surface area (Å²) in [6, 6.07) is 9.03. The quantitative estimate of drug-likeness (QED) is 0.775. The molecule has 0 aliphatic carbocycles. The molecule has 0 spiro atoms. The summed E-state index contributed by atoms with van der Waals surface area (Å²) >= 11 is 5.63. The monoisotopic (exact) mass is 375 g/mol. The highest BCUT2D eigenvalue weighted by molar-refractivity contribution is 7.93. The van der Waals surface area contributed by atoms with Crippen molar-refractivity contribution in [2.24, 2.45) is 0 Å². The van der Waals surface area contributed by atoms with Gasteiger partial charge in [-0.15, -0.1) is 0 Å². The minimum Gasteiger partial charge on any atom is -0.263 e. The first kappa shape index (κ1) is 17.1. The number of para-hydroxylation sites is 1. The number of benzene rings is 2. The number of anilines is 1. The van der Waals surface area contributed by atoms with Crippen LogP contribution in [0.5, 0.6) is 0 Å². The van der Waals surface area contributed by atoms with Crippen LogP contribution in [0.25, 0.3) is 0 Å². The number of hydrogen-bond donors (Lipinski definition) is 0. The van der Waals surface area contributed by atoms with Crippen LogP contribution in [0.4, 0.5) is 18.9 Å². The second kappa shape index (κ2) is 5.67. The van der Waals surface area contributed by atoms with Crippen LogP contribution in [0, 0.1) is 0 Å². The lowest BCUT2D eigenvalue weighted by atomic mass is 10.1. The van der Waals surface area contributed by atoms with Gasteiger partial charge in [0.05, 0.1) is 16.1 Å². The molecule has 0 unspecified atom stereocenters. The number of hydrogen-bond acceptors (Lipinski definition) is 2. The Hall–Kier alpha value is -1.73. The fourth-order valence-electron chi connectivity index (χ4n) is 2.96. The molecule has 128 valence electrons. The Morgan fingerprint density at radius 2 is 1.83 bits per heavy atom. The third kappa shape index (κ3) is 2.75. The molecule has 3 nitrogen and oxygen atoms in total. The molecule has 1 aliphatic rings. The lowest BCUT2D eigenvalue weighted by Gasteiger charge is -2.26. The number of sulfonamides is 1. The van der Waals surface area contributed by atoms with Crippen LogP contribution < -0.4 is 4.31 Å². The van der Waals surface area contributed by atoms with Crippen molar-refractivity contribution in [3.8, 4) is 0 Å². The molecule has 0 saturated carbocycles. The average molecular weight is 376 g/mol. The van der Waals surface area contributed by atoms with Gasteiger partial charge in [0.2, 0.25) is 0 Å². The summed E-state index contributed by atoms with van der Waals surface area (Å²) < 4.78 is 66.9. The van der Waals surface area contributed by atoms with E-state index in [9.17, 15) is 21.6 Å². The van der Waals surface area contributed by atoms with Crippen molar-refractivity contribution in [2.45, 2.75) is 30.5 Å². The molecule has 0 N–H and O–H groups in total. The van der Waals surface area contributed by atoms with Gasteiger partial charge in [0.1, 0.15) is 0 Å². The molecule has 0 bridgehead atoms. The predicted molar refractivity (Wildman–Crippen MR) is 85.7 cm³/mol. The van der Waals surface area contributed by atoms with Crippen LogP contribution in [0.2, 0.25) is 5.02 Å². The fraction of sp³-hybridized carbons (Fsp3) is 0.250. The van der Waals surface area contributed by atoms with Crippen LogP contribution in [-0.2, 0) is 22.6 Å². The first-order valence-corrected chi connectivity index (χ1v) is 8.93.